The summed E-state index contributed by atoms with van der Waals surface area (Å²) in [4.78, 5) is 12.6. The van der Waals surface area contributed by atoms with Gasteiger partial charge in [0.2, 0.25) is 5.75 Å². The van der Waals surface area contributed by atoms with Crippen molar-refractivity contribution in [2.75, 3.05) is 21.3 Å². The van der Waals surface area contributed by atoms with Crippen LogP contribution in [-0.2, 0) is 0 Å². The molecule has 1 aromatic heterocycles. The molecule has 0 bridgehead atoms. The highest BCUT2D eigenvalue weighted by Crippen LogP contribution is 2.42. The Labute approximate surface area is 133 Å². The Hall–Kier alpha value is -2.95. The van der Waals surface area contributed by atoms with Crippen LogP contribution in [0, 0.1) is 0 Å². The standard InChI is InChI=1S/C18H16O5/c1-20-15-10-14-16(18(22-3)17(15)21-2)12(19)9-13(23-14)11-7-5-4-6-8-11/h4-10H,1-3H3. The Balaban J connectivity index is 2.36. The van der Waals surface area contributed by atoms with E-state index in [1.807, 2.05) is 30.3 Å². The van der Waals surface area contributed by atoms with Crippen LogP contribution in [-0.4, -0.2) is 21.3 Å². The Morgan fingerprint density at radius 1 is 0.870 bits per heavy atom. The number of rotatable bonds is 4. The van der Waals surface area contributed by atoms with Crippen molar-refractivity contribution in [2.45, 2.75) is 0 Å². The zero-order valence-electron chi connectivity index (χ0n) is 13.1. The summed E-state index contributed by atoms with van der Waals surface area (Å²) < 4.78 is 21.9. The lowest BCUT2D eigenvalue weighted by Crippen LogP contribution is -2.05. The number of benzene rings is 2. The van der Waals surface area contributed by atoms with Crippen LogP contribution in [0.25, 0.3) is 22.3 Å². The highest BCUT2D eigenvalue weighted by molar-refractivity contribution is 5.90. The highest BCUT2D eigenvalue weighted by atomic mass is 16.5. The fourth-order valence-corrected chi connectivity index (χ4v) is 2.53. The number of hydrogen-bond donors (Lipinski definition) is 0. The molecule has 2 aromatic carbocycles. The summed E-state index contributed by atoms with van der Waals surface area (Å²) in [5, 5.41) is 0.324. The molecule has 118 valence electrons. The predicted molar refractivity (Wildman–Crippen MR) is 87.6 cm³/mol. The molecule has 0 aliphatic heterocycles. The molecule has 0 radical (unpaired) electrons. The van der Waals surface area contributed by atoms with Gasteiger partial charge in [-0.15, -0.1) is 0 Å². The summed E-state index contributed by atoms with van der Waals surface area (Å²) in [5.41, 5.74) is 0.994. The van der Waals surface area contributed by atoms with Gasteiger partial charge in [0.05, 0.1) is 21.3 Å². The quantitative estimate of drug-likeness (QED) is 0.738. The van der Waals surface area contributed by atoms with Crippen LogP contribution in [0.3, 0.4) is 0 Å². The molecule has 0 atom stereocenters. The molecule has 5 nitrogen and oxygen atoms in total. The van der Waals surface area contributed by atoms with E-state index in [1.165, 1.54) is 27.4 Å². The largest absolute Gasteiger partial charge is 0.493 e. The van der Waals surface area contributed by atoms with Crippen LogP contribution in [0.5, 0.6) is 17.2 Å². The minimum atomic E-state index is -0.206. The van der Waals surface area contributed by atoms with Crippen molar-refractivity contribution in [3.8, 4) is 28.6 Å². The van der Waals surface area contributed by atoms with Gasteiger partial charge in [-0.05, 0) is 0 Å². The molecule has 0 aliphatic rings. The van der Waals surface area contributed by atoms with Crippen LogP contribution in [0.15, 0.2) is 51.7 Å². The molecule has 0 unspecified atom stereocenters. The smallest absolute Gasteiger partial charge is 0.204 e. The van der Waals surface area contributed by atoms with Crippen molar-refractivity contribution in [2.24, 2.45) is 0 Å². The second-order valence-corrected chi connectivity index (χ2v) is 4.86. The van der Waals surface area contributed by atoms with Crippen LogP contribution < -0.4 is 19.6 Å². The van der Waals surface area contributed by atoms with Crippen LogP contribution in [0.2, 0.25) is 0 Å². The van der Waals surface area contributed by atoms with E-state index in [2.05, 4.69) is 0 Å². The molecule has 0 fully saturated rings. The van der Waals surface area contributed by atoms with E-state index in [1.54, 1.807) is 6.07 Å². The van der Waals surface area contributed by atoms with Crippen LogP contribution in [0.1, 0.15) is 0 Å². The number of ether oxygens (including phenoxy) is 3. The Morgan fingerprint density at radius 2 is 1.57 bits per heavy atom. The van der Waals surface area contributed by atoms with Gasteiger partial charge in [-0.1, -0.05) is 30.3 Å². The summed E-state index contributed by atoms with van der Waals surface area (Å²) in [7, 11) is 4.48. The van der Waals surface area contributed by atoms with Crippen molar-refractivity contribution in [3.05, 3.63) is 52.7 Å². The summed E-state index contributed by atoms with van der Waals surface area (Å²) in [5.74, 6) is 1.58. The van der Waals surface area contributed by atoms with Gasteiger partial charge in [-0.2, -0.15) is 0 Å². The van der Waals surface area contributed by atoms with Crippen molar-refractivity contribution >= 4 is 11.0 Å². The first-order chi connectivity index (χ1) is 11.2. The first kappa shape index (κ1) is 15.0. The van der Waals surface area contributed by atoms with Gasteiger partial charge in [0, 0.05) is 17.7 Å². The number of methoxy groups -OCH3 is 3. The SMILES string of the molecule is COc1cc2oc(-c3ccccc3)cc(=O)c2c(OC)c1OC. The van der Waals surface area contributed by atoms with E-state index >= 15 is 0 Å². The monoisotopic (exact) mass is 312 g/mol. The topological polar surface area (TPSA) is 57.9 Å². The zero-order chi connectivity index (χ0) is 16.4. The van der Waals surface area contributed by atoms with Crippen molar-refractivity contribution in [3.63, 3.8) is 0 Å². The third-order valence-electron chi connectivity index (χ3n) is 3.58. The number of hydrogen-bond acceptors (Lipinski definition) is 5. The highest BCUT2D eigenvalue weighted by Gasteiger charge is 2.20. The molecule has 23 heavy (non-hydrogen) atoms. The Kier molecular flexibility index (Phi) is 3.93. The minimum absolute atomic E-state index is 0.206. The summed E-state index contributed by atoms with van der Waals surface area (Å²) in [6.07, 6.45) is 0. The van der Waals surface area contributed by atoms with E-state index in [0.717, 1.165) is 5.56 Å². The lowest BCUT2D eigenvalue weighted by molar-refractivity contribution is 0.326. The van der Waals surface area contributed by atoms with Gasteiger partial charge >= 0.3 is 0 Å². The van der Waals surface area contributed by atoms with Gasteiger partial charge in [-0.3, -0.25) is 4.79 Å². The maximum absolute atomic E-state index is 12.6. The molecular weight excluding hydrogens is 296 g/mol. The van der Waals surface area contributed by atoms with Gasteiger partial charge < -0.3 is 18.6 Å². The van der Waals surface area contributed by atoms with Crippen molar-refractivity contribution < 1.29 is 18.6 Å². The van der Waals surface area contributed by atoms with E-state index in [4.69, 9.17) is 18.6 Å². The van der Waals surface area contributed by atoms with Crippen molar-refractivity contribution in [1.82, 2.24) is 0 Å². The van der Waals surface area contributed by atoms with Gasteiger partial charge in [0.25, 0.3) is 0 Å². The van der Waals surface area contributed by atoms with Crippen LogP contribution >= 0.6 is 0 Å². The minimum Gasteiger partial charge on any atom is -0.493 e. The van der Waals surface area contributed by atoms with E-state index in [9.17, 15) is 4.79 Å². The average molecular weight is 312 g/mol. The molecular formula is C18H16O5. The lowest BCUT2D eigenvalue weighted by atomic mass is 10.1. The van der Waals surface area contributed by atoms with E-state index < -0.39 is 0 Å². The third kappa shape index (κ3) is 2.50. The maximum atomic E-state index is 12.6. The maximum Gasteiger partial charge on any atom is 0.204 e. The van der Waals surface area contributed by atoms with Crippen LogP contribution in [0.4, 0.5) is 0 Å². The first-order valence-corrected chi connectivity index (χ1v) is 7.01. The molecule has 3 rings (SSSR count). The van der Waals surface area contributed by atoms with Gasteiger partial charge in [0.1, 0.15) is 16.7 Å². The molecule has 0 aliphatic carbocycles. The second kappa shape index (κ2) is 6.04. The molecule has 0 N–H and O–H groups in total. The summed E-state index contributed by atoms with van der Waals surface area (Å²) >= 11 is 0. The molecule has 3 aromatic rings. The molecule has 1 heterocycles. The first-order valence-electron chi connectivity index (χ1n) is 7.01. The second-order valence-electron chi connectivity index (χ2n) is 4.86. The Bertz CT molecular complexity index is 897. The molecule has 0 spiro atoms. The summed E-state index contributed by atoms with van der Waals surface area (Å²) in [6, 6.07) is 12.5. The fourth-order valence-electron chi connectivity index (χ4n) is 2.53. The summed E-state index contributed by atoms with van der Waals surface area (Å²) in [6.45, 7) is 0. The molecule has 5 heteroatoms. The van der Waals surface area contributed by atoms with Crippen molar-refractivity contribution in [1.29, 1.82) is 0 Å². The fraction of sp³-hybridized carbons (Fsp3) is 0.167. The predicted octanol–water partition coefficient (Wildman–Crippen LogP) is 3.49. The molecule has 0 amide bonds. The Morgan fingerprint density at radius 3 is 2.17 bits per heavy atom. The zero-order valence-corrected chi connectivity index (χ0v) is 13.1. The normalized spacial score (nSPS) is 10.6. The van der Waals surface area contributed by atoms with E-state index in [-0.39, 0.29) is 5.43 Å². The molecule has 0 saturated carbocycles. The average Bonchev–Trinajstić information content (AvgIpc) is 2.60. The van der Waals surface area contributed by atoms with Gasteiger partial charge in [-0.25, -0.2) is 0 Å². The number of fused-ring (bicyclic) bond motifs is 1. The van der Waals surface area contributed by atoms with Gasteiger partial charge in [0.15, 0.2) is 16.9 Å². The van der Waals surface area contributed by atoms with E-state index in [0.29, 0.717) is 34.0 Å². The third-order valence-corrected chi connectivity index (χ3v) is 3.58. The lowest BCUT2D eigenvalue weighted by Gasteiger charge is -2.14. The molecule has 0 saturated heterocycles.